The summed E-state index contributed by atoms with van der Waals surface area (Å²) in [7, 11) is 7.17. The van der Waals surface area contributed by atoms with Crippen LogP contribution in [0.2, 0.25) is 0 Å². The smallest absolute Gasteiger partial charge is 0.311 e. The number of hydrogen-bond acceptors (Lipinski definition) is 10. The van der Waals surface area contributed by atoms with E-state index in [-0.39, 0.29) is 18.9 Å². The lowest BCUT2D eigenvalue weighted by atomic mass is 10.2. The average Bonchev–Trinajstić information content (AvgIpc) is 3.00. The largest absolute Gasteiger partial charge is 0.497 e. The number of anilines is 1. The number of benzene rings is 4. The number of nitrogens with zero attached hydrogens (tertiary/aromatic N) is 1. The Kier molecular flexibility index (Phi) is 14.4. The van der Waals surface area contributed by atoms with Crippen LogP contribution in [0.15, 0.2) is 84.9 Å². The minimum absolute atomic E-state index is 0. The Labute approximate surface area is 239 Å². The maximum atomic E-state index is 11.0. The molecule has 0 aromatic heterocycles. The number of nitrogen functional groups attached to an aromatic ring is 1. The number of nitro groups is 1. The molecule has 0 heterocycles. The van der Waals surface area contributed by atoms with E-state index in [4.69, 9.17) is 39.3 Å². The topological polar surface area (TPSA) is 145 Å². The standard InChI is InChI=1S/C14H13NO5.C14H15NO3.CH4O.CH4/c1-18-10-7-8-11(15(16)17)14(9-10)20-13-6-4-3-5-12(13)19-2;1-16-10-7-8-11(15)14(9-10)18-13-6-4-3-5-12(13)17-2;1-2;/h3-9H,1-2H3;3-9H,15H2,1-2H3;2H,1H3;1H4. The summed E-state index contributed by atoms with van der Waals surface area (Å²) in [5.41, 5.74) is 6.26. The lowest BCUT2D eigenvalue weighted by Crippen LogP contribution is -1.96. The van der Waals surface area contributed by atoms with E-state index >= 15 is 0 Å². The van der Waals surface area contributed by atoms with Crippen LogP contribution in [0.4, 0.5) is 11.4 Å². The van der Waals surface area contributed by atoms with Crippen LogP contribution in [0.1, 0.15) is 7.43 Å². The van der Waals surface area contributed by atoms with Crippen LogP contribution in [-0.4, -0.2) is 45.6 Å². The Hall–Kier alpha value is -5.16. The molecule has 0 aliphatic rings. The maximum Gasteiger partial charge on any atom is 0.311 e. The van der Waals surface area contributed by atoms with Gasteiger partial charge >= 0.3 is 5.69 Å². The number of para-hydroxylation sites is 4. The summed E-state index contributed by atoms with van der Waals surface area (Å²) < 4.78 is 31.9. The number of ether oxygens (including phenoxy) is 6. The third-order valence-corrected chi connectivity index (χ3v) is 5.16. The second-order valence-corrected chi connectivity index (χ2v) is 7.50. The first-order valence-corrected chi connectivity index (χ1v) is 11.7. The number of nitrogens with two attached hydrogens (primary N) is 1. The van der Waals surface area contributed by atoms with E-state index in [0.717, 1.165) is 7.11 Å². The van der Waals surface area contributed by atoms with E-state index in [0.29, 0.717) is 45.9 Å². The molecule has 220 valence electrons. The zero-order chi connectivity index (χ0) is 29.5. The molecule has 0 radical (unpaired) electrons. The molecule has 0 aliphatic heterocycles. The van der Waals surface area contributed by atoms with Gasteiger partial charge in [0, 0.05) is 25.3 Å². The van der Waals surface area contributed by atoms with Gasteiger partial charge in [0.05, 0.1) is 39.0 Å². The van der Waals surface area contributed by atoms with E-state index in [1.54, 1.807) is 56.7 Å². The Balaban J connectivity index is 0.000000380. The highest BCUT2D eigenvalue weighted by Gasteiger charge is 2.18. The van der Waals surface area contributed by atoms with Crippen LogP contribution in [0.3, 0.4) is 0 Å². The lowest BCUT2D eigenvalue weighted by molar-refractivity contribution is -0.385. The SMILES string of the molecule is C.CO.COc1ccc(N)c(Oc2ccccc2OC)c1.COc1ccc([N+](=O)[O-])c(Oc2ccccc2OC)c1. The summed E-state index contributed by atoms with van der Waals surface area (Å²) >= 11 is 0. The van der Waals surface area contributed by atoms with Crippen LogP contribution < -0.4 is 34.2 Å². The molecule has 0 spiro atoms. The Morgan fingerprint density at radius 3 is 1.46 bits per heavy atom. The highest BCUT2D eigenvalue weighted by molar-refractivity contribution is 5.58. The Morgan fingerprint density at radius 2 is 1.02 bits per heavy atom. The van der Waals surface area contributed by atoms with Gasteiger partial charge in [-0.25, -0.2) is 0 Å². The van der Waals surface area contributed by atoms with Gasteiger partial charge in [0.1, 0.15) is 11.5 Å². The monoisotopic (exact) mass is 568 g/mol. The Bertz CT molecular complexity index is 1380. The van der Waals surface area contributed by atoms with Gasteiger partial charge in [-0.2, -0.15) is 0 Å². The van der Waals surface area contributed by atoms with Gasteiger partial charge in [0.15, 0.2) is 28.7 Å². The molecule has 3 N–H and O–H groups in total. The van der Waals surface area contributed by atoms with E-state index < -0.39 is 4.92 Å². The quantitative estimate of drug-likeness (QED) is 0.127. The molecule has 0 saturated carbocycles. The molecule has 0 bridgehead atoms. The fraction of sp³-hybridized carbons (Fsp3) is 0.200. The van der Waals surface area contributed by atoms with Gasteiger partial charge in [-0.15, -0.1) is 0 Å². The lowest BCUT2D eigenvalue weighted by Gasteiger charge is -2.12. The first-order chi connectivity index (χ1) is 19.4. The molecular weight excluding hydrogens is 532 g/mol. The van der Waals surface area contributed by atoms with Gasteiger partial charge in [0.25, 0.3) is 0 Å². The first kappa shape index (κ1) is 33.9. The second kappa shape index (κ2) is 17.4. The molecule has 0 saturated heterocycles. The zero-order valence-electron chi connectivity index (χ0n) is 22.8. The molecule has 4 aromatic carbocycles. The van der Waals surface area contributed by atoms with Gasteiger partial charge in [0.2, 0.25) is 5.75 Å². The molecule has 0 atom stereocenters. The summed E-state index contributed by atoms with van der Waals surface area (Å²) in [5.74, 6) is 3.95. The van der Waals surface area contributed by atoms with Crippen molar-refractivity contribution in [2.45, 2.75) is 7.43 Å². The van der Waals surface area contributed by atoms with Gasteiger partial charge in [-0.05, 0) is 42.5 Å². The predicted molar refractivity (Wildman–Crippen MR) is 158 cm³/mol. The number of nitro benzene ring substituents is 1. The molecule has 41 heavy (non-hydrogen) atoms. The first-order valence-electron chi connectivity index (χ1n) is 11.7. The van der Waals surface area contributed by atoms with Crippen LogP contribution in [-0.2, 0) is 0 Å². The zero-order valence-corrected chi connectivity index (χ0v) is 22.8. The van der Waals surface area contributed by atoms with Gasteiger partial charge < -0.3 is 39.3 Å². The van der Waals surface area contributed by atoms with Gasteiger partial charge in [-0.1, -0.05) is 31.7 Å². The van der Waals surface area contributed by atoms with Crippen molar-refractivity contribution in [1.29, 1.82) is 0 Å². The molecule has 0 fully saturated rings. The predicted octanol–water partition coefficient (Wildman–Crippen LogP) is 6.73. The van der Waals surface area contributed by atoms with E-state index in [1.807, 2.05) is 24.3 Å². The number of rotatable bonds is 9. The number of aliphatic hydroxyl groups excluding tert-OH is 1. The van der Waals surface area contributed by atoms with Crippen molar-refractivity contribution in [3.63, 3.8) is 0 Å². The van der Waals surface area contributed by atoms with E-state index in [9.17, 15) is 10.1 Å². The average molecular weight is 569 g/mol. The third kappa shape index (κ3) is 9.52. The summed E-state index contributed by atoms with van der Waals surface area (Å²) in [5, 5.41) is 18.0. The van der Waals surface area contributed by atoms with Crippen molar-refractivity contribution >= 4 is 11.4 Å². The van der Waals surface area contributed by atoms with Crippen molar-refractivity contribution in [3.8, 4) is 46.0 Å². The number of methoxy groups -OCH3 is 4. The summed E-state index contributed by atoms with van der Waals surface area (Å²) in [6.45, 7) is 0. The fourth-order valence-corrected chi connectivity index (χ4v) is 3.23. The molecule has 0 unspecified atom stereocenters. The third-order valence-electron chi connectivity index (χ3n) is 5.16. The van der Waals surface area contributed by atoms with Crippen LogP contribution in [0, 0.1) is 10.1 Å². The van der Waals surface area contributed by atoms with E-state index in [1.165, 1.54) is 32.4 Å². The van der Waals surface area contributed by atoms with Crippen LogP contribution in [0.5, 0.6) is 46.0 Å². The minimum atomic E-state index is -0.510. The highest BCUT2D eigenvalue weighted by atomic mass is 16.6. The Morgan fingerprint density at radius 1 is 0.610 bits per heavy atom. The summed E-state index contributed by atoms with van der Waals surface area (Å²) in [4.78, 5) is 10.5. The van der Waals surface area contributed by atoms with Crippen molar-refractivity contribution in [1.82, 2.24) is 0 Å². The van der Waals surface area contributed by atoms with Crippen molar-refractivity contribution in [3.05, 3.63) is 95.0 Å². The normalized spacial score (nSPS) is 9.32. The molecule has 11 nitrogen and oxygen atoms in total. The number of hydrogen-bond donors (Lipinski definition) is 2. The second-order valence-electron chi connectivity index (χ2n) is 7.50. The summed E-state index contributed by atoms with van der Waals surface area (Å²) in [6, 6.07) is 23.9. The van der Waals surface area contributed by atoms with E-state index in [2.05, 4.69) is 0 Å². The molecule has 4 aromatic rings. The molecule has 0 amide bonds. The fourth-order valence-electron chi connectivity index (χ4n) is 3.23. The maximum absolute atomic E-state index is 11.0. The van der Waals surface area contributed by atoms with Crippen molar-refractivity contribution in [2.75, 3.05) is 41.3 Å². The number of aliphatic hydroxyl groups is 1. The molecule has 0 aliphatic carbocycles. The molecule has 11 heteroatoms. The van der Waals surface area contributed by atoms with Crippen LogP contribution >= 0.6 is 0 Å². The highest BCUT2D eigenvalue weighted by Crippen LogP contribution is 2.38. The van der Waals surface area contributed by atoms with Crippen LogP contribution in [0.25, 0.3) is 0 Å². The molecular formula is C30H36N2O9. The minimum Gasteiger partial charge on any atom is -0.497 e. The van der Waals surface area contributed by atoms with Crippen molar-refractivity contribution < 1.29 is 38.5 Å². The van der Waals surface area contributed by atoms with Crippen molar-refractivity contribution in [2.24, 2.45) is 0 Å². The molecule has 4 rings (SSSR count). The summed E-state index contributed by atoms with van der Waals surface area (Å²) in [6.07, 6.45) is 0. The van der Waals surface area contributed by atoms with Gasteiger partial charge in [-0.3, -0.25) is 10.1 Å².